The summed E-state index contributed by atoms with van der Waals surface area (Å²) in [5, 5.41) is 3.11. The molecule has 108 valence electrons. The Bertz CT molecular complexity index is 634. The molecule has 1 N–H and O–H groups in total. The number of aryl methyl sites for hydroxylation is 1. The van der Waals surface area contributed by atoms with Gasteiger partial charge in [-0.2, -0.15) is 0 Å². The highest BCUT2D eigenvalue weighted by molar-refractivity contribution is 5.94. The Morgan fingerprint density at radius 3 is 2.71 bits per heavy atom. The Hall–Kier alpha value is -2.29. The third-order valence-electron chi connectivity index (χ3n) is 3.89. The van der Waals surface area contributed by atoms with Crippen LogP contribution in [0.1, 0.15) is 40.9 Å². The largest absolute Gasteiger partial charge is 0.493 e. The zero-order valence-electron chi connectivity index (χ0n) is 12.1. The highest BCUT2D eigenvalue weighted by Gasteiger charge is 2.22. The third-order valence-corrected chi connectivity index (χ3v) is 3.89. The Balaban J connectivity index is 1.76. The second kappa shape index (κ2) is 6.00. The monoisotopic (exact) mass is 281 g/mol. The molecule has 1 heterocycles. The highest BCUT2D eigenvalue weighted by Crippen LogP contribution is 2.31. The zero-order chi connectivity index (χ0) is 14.7. The molecule has 0 radical (unpaired) electrons. The molecule has 0 aromatic heterocycles. The van der Waals surface area contributed by atoms with Crippen LogP contribution in [0.25, 0.3) is 0 Å². The van der Waals surface area contributed by atoms with Crippen LogP contribution in [-0.4, -0.2) is 12.5 Å². The van der Waals surface area contributed by atoms with Crippen LogP contribution in [0, 0.1) is 0 Å². The molecule has 0 bridgehead atoms. The molecule has 2 aromatic carbocycles. The van der Waals surface area contributed by atoms with Gasteiger partial charge in [-0.05, 0) is 30.2 Å². The summed E-state index contributed by atoms with van der Waals surface area (Å²) in [6, 6.07) is 15.7. The fourth-order valence-electron chi connectivity index (χ4n) is 2.63. The molecule has 1 atom stereocenters. The number of ether oxygens (including phenoxy) is 1. The van der Waals surface area contributed by atoms with Gasteiger partial charge in [-0.3, -0.25) is 4.79 Å². The zero-order valence-corrected chi connectivity index (χ0v) is 12.1. The van der Waals surface area contributed by atoms with Crippen molar-refractivity contribution in [3.63, 3.8) is 0 Å². The van der Waals surface area contributed by atoms with E-state index in [1.807, 2.05) is 48.5 Å². The number of carbonyl (C=O) groups excluding carboxylic acids is 1. The van der Waals surface area contributed by atoms with Crippen molar-refractivity contribution in [1.29, 1.82) is 0 Å². The maximum atomic E-state index is 12.4. The fourth-order valence-corrected chi connectivity index (χ4v) is 2.63. The summed E-state index contributed by atoms with van der Waals surface area (Å²) in [5.41, 5.74) is 3.00. The molecular formula is C18H19NO2. The lowest BCUT2D eigenvalue weighted by Gasteiger charge is -2.26. The normalized spacial score (nSPS) is 16.7. The van der Waals surface area contributed by atoms with Gasteiger partial charge in [0.25, 0.3) is 5.91 Å². The van der Waals surface area contributed by atoms with Crippen LogP contribution >= 0.6 is 0 Å². The molecule has 0 aliphatic carbocycles. The van der Waals surface area contributed by atoms with Gasteiger partial charge in [0.2, 0.25) is 0 Å². The summed E-state index contributed by atoms with van der Waals surface area (Å²) in [6.45, 7) is 2.74. The molecule has 1 amide bonds. The maximum Gasteiger partial charge on any atom is 0.251 e. The standard InChI is InChI=1S/C18H19NO2/c1-2-13-7-9-14(10-8-13)18(20)19-16-11-12-21-17-6-4-3-5-15(16)17/h3-10,16H,2,11-12H2,1H3,(H,19,20). The Morgan fingerprint density at radius 2 is 1.95 bits per heavy atom. The Labute approximate surface area is 124 Å². The number of hydrogen-bond acceptors (Lipinski definition) is 2. The van der Waals surface area contributed by atoms with Crippen molar-refractivity contribution in [2.24, 2.45) is 0 Å². The van der Waals surface area contributed by atoms with Gasteiger partial charge in [-0.25, -0.2) is 0 Å². The summed E-state index contributed by atoms with van der Waals surface area (Å²) in [7, 11) is 0. The number of amides is 1. The first-order valence-electron chi connectivity index (χ1n) is 7.39. The van der Waals surface area contributed by atoms with Crippen LogP contribution in [-0.2, 0) is 6.42 Å². The van der Waals surface area contributed by atoms with Crippen molar-refractivity contribution < 1.29 is 9.53 Å². The molecular weight excluding hydrogens is 262 g/mol. The number of rotatable bonds is 3. The number of para-hydroxylation sites is 1. The van der Waals surface area contributed by atoms with E-state index in [4.69, 9.17) is 4.74 Å². The predicted octanol–water partition coefficient (Wildman–Crippen LogP) is 3.50. The van der Waals surface area contributed by atoms with Crippen molar-refractivity contribution in [1.82, 2.24) is 5.32 Å². The smallest absolute Gasteiger partial charge is 0.251 e. The second-order valence-electron chi connectivity index (χ2n) is 5.25. The minimum Gasteiger partial charge on any atom is -0.493 e. The molecule has 0 saturated heterocycles. The van der Waals surface area contributed by atoms with E-state index >= 15 is 0 Å². The van der Waals surface area contributed by atoms with Crippen LogP contribution in [0.3, 0.4) is 0 Å². The van der Waals surface area contributed by atoms with Gasteiger partial charge in [-0.15, -0.1) is 0 Å². The molecule has 1 aliphatic heterocycles. The lowest BCUT2D eigenvalue weighted by Crippen LogP contribution is -2.32. The first kappa shape index (κ1) is 13.7. The van der Waals surface area contributed by atoms with Gasteiger partial charge < -0.3 is 10.1 Å². The number of carbonyl (C=O) groups is 1. The molecule has 0 saturated carbocycles. The quantitative estimate of drug-likeness (QED) is 0.935. The van der Waals surface area contributed by atoms with Gasteiger partial charge in [0, 0.05) is 17.5 Å². The van der Waals surface area contributed by atoms with E-state index in [2.05, 4.69) is 12.2 Å². The Kier molecular flexibility index (Phi) is 3.91. The van der Waals surface area contributed by atoms with Gasteiger partial charge >= 0.3 is 0 Å². The summed E-state index contributed by atoms with van der Waals surface area (Å²) in [4.78, 5) is 12.4. The molecule has 2 aromatic rings. The molecule has 3 heteroatoms. The first-order chi connectivity index (χ1) is 10.3. The van der Waals surface area contributed by atoms with Gasteiger partial charge in [0.1, 0.15) is 5.75 Å². The summed E-state index contributed by atoms with van der Waals surface area (Å²) < 4.78 is 5.62. The topological polar surface area (TPSA) is 38.3 Å². The number of hydrogen-bond donors (Lipinski definition) is 1. The summed E-state index contributed by atoms with van der Waals surface area (Å²) in [6.07, 6.45) is 1.78. The van der Waals surface area contributed by atoms with Crippen LogP contribution in [0.15, 0.2) is 48.5 Å². The van der Waals surface area contributed by atoms with Crippen molar-refractivity contribution >= 4 is 5.91 Å². The van der Waals surface area contributed by atoms with E-state index in [1.165, 1.54) is 5.56 Å². The maximum absolute atomic E-state index is 12.4. The molecule has 0 spiro atoms. The summed E-state index contributed by atoms with van der Waals surface area (Å²) >= 11 is 0. The number of benzene rings is 2. The lowest BCUT2D eigenvalue weighted by molar-refractivity contribution is 0.0925. The molecule has 3 nitrogen and oxygen atoms in total. The number of nitrogens with one attached hydrogen (secondary N) is 1. The molecule has 3 rings (SSSR count). The van der Waals surface area contributed by atoms with Crippen molar-refractivity contribution in [3.05, 3.63) is 65.2 Å². The fraction of sp³-hybridized carbons (Fsp3) is 0.278. The van der Waals surface area contributed by atoms with E-state index in [9.17, 15) is 4.79 Å². The molecule has 0 fully saturated rings. The van der Waals surface area contributed by atoms with E-state index in [-0.39, 0.29) is 11.9 Å². The average molecular weight is 281 g/mol. The predicted molar refractivity (Wildman–Crippen MR) is 82.6 cm³/mol. The van der Waals surface area contributed by atoms with Crippen LogP contribution in [0.4, 0.5) is 0 Å². The van der Waals surface area contributed by atoms with Gasteiger partial charge in [0.05, 0.1) is 12.6 Å². The molecule has 1 unspecified atom stereocenters. The van der Waals surface area contributed by atoms with E-state index in [0.717, 1.165) is 24.2 Å². The van der Waals surface area contributed by atoms with E-state index in [1.54, 1.807) is 0 Å². The first-order valence-corrected chi connectivity index (χ1v) is 7.39. The second-order valence-corrected chi connectivity index (χ2v) is 5.25. The van der Waals surface area contributed by atoms with Crippen LogP contribution < -0.4 is 10.1 Å². The van der Waals surface area contributed by atoms with Crippen LogP contribution in [0.2, 0.25) is 0 Å². The average Bonchev–Trinajstić information content (AvgIpc) is 2.55. The van der Waals surface area contributed by atoms with E-state index in [0.29, 0.717) is 12.2 Å². The van der Waals surface area contributed by atoms with Gasteiger partial charge in [0.15, 0.2) is 0 Å². The van der Waals surface area contributed by atoms with Crippen LogP contribution in [0.5, 0.6) is 5.75 Å². The SMILES string of the molecule is CCc1ccc(C(=O)NC2CCOc3ccccc32)cc1. The highest BCUT2D eigenvalue weighted by atomic mass is 16.5. The van der Waals surface area contributed by atoms with Crippen molar-refractivity contribution in [3.8, 4) is 5.75 Å². The number of fused-ring (bicyclic) bond motifs is 1. The van der Waals surface area contributed by atoms with Crippen molar-refractivity contribution in [2.75, 3.05) is 6.61 Å². The molecule has 21 heavy (non-hydrogen) atoms. The minimum atomic E-state index is -0.0284. The minimum absolute atomic E-state index is 0.0216. The van der Waals surface area contributed by atoms with Gasteiger partial charge in [-0.1, -0.05) is 37.3 Å². The lowest BCUT2D eigenvalue weighted by atomic mass is 10.00. The Morgan fingerprint density at radius 1 is 1.19 bits per heavy atom. The van der Waals surface area contributed by atoms with E-state index < -0.39 is 0 Å². The molecule has 1 aliphatic rings. The van der Waals surface area contributed by atoms with Crippen molar-refractivity contribution in [2.45, 2.75) is 25.8 Å². The summed E-state index contributed by atoms with van der Waals surface area (Å²) in [5.74, 6) is 0.842. The third kappa shape index (κ3) is 2.92.